The van der Waals surface area contributed by atoms with Crippen LogP contribution in [0.5, 0.6) is 0 Å². The number of hydrogen-bond acceptors (Lipinski definition) is 2. The van der Waals surface area contributed by atoms with Crippen molar-refractivity contribution in [1.82, 2.24) is 10.2 Å². The first-order valence-corrected chi connectivity index (χ1v) is 9.04. The van der Waals surface area contributed by atoms with Crippen LogP contribution >= 0.6 is 47.2 Å². The molecule has 1 atom stereocenters. The van der Waals surface area contributed by atoms with E-state index < -0.39 is 0 Å². The third-order valence-electron chi connectivity index (χ3n) is 4.46. The van der Waals surface area contributed by atoms with Crippen molar-refractivity contribution in [2.75, 3.05) is 40.4 Å². The molecule has 1 aromatic rings. The monoisotopic (exact) mass is 499 g/mol. The maximum Gasteiger partial charge on any atom is 0.193 e. The number of ether oxygens (including phenoxy) is 1. The highest BCUT2D eigenvalue weighted by Gasteiger charge is 2.27. The lowest BCUT2D eigenvalue weighted by atomic mass is 9.84. The summed E-state index contributed by atoms with van der Waals surface area (Å²) in [5.41, 5.74) is 0.742. The molecule has 2 rings (SSSR count). The van der Waals surface area contributed by atoms with Crippen LogP contribution in [0.25, 0.3) is 0 Å². The van der Waals surface area contributed by atoms with E-state index in [1.165, 1.54) is 0 Å². The molecule has 1 aliphatic heterocycles. The number of rotatable bonds is 5. The van der Waals surface area contributed by atoms with Crippen LogP contribution in [0.2, 0.25) is 10.0 Å². The number of nitrogens with zero attached hydrogens (tertiary/aromatic N) is 2. The molecular formula is C18H28Cl2IN3O. The summed E-state index contributed by atoms with van der Waals surface area (Å²) >= 11 is 12.7. The van der Waals surface area contributed by atoms with Crippen LogP contribution in [0.3, 0.4) is 0 Å². The average molecular weight is 500 g/mol. The molecule has 0 aromatic heterocycles. The first kappa shape index (κ1) is 22.8. The molecule has 0 aliphatic carbocycles. The van der Waals surface area contributed by atoms with Crippen LogP contribution in [0.4, 0.5) is 0 Å². The molecule has 7 heteroatoms. The van der Waals surface area contributed by atoms with Crippen LogP contribution in [-0.2, 0) is 10.2 Å². The Labute approximate surface area is 178 Å². The molecule has 4 nitrogen and oxygen atoms in total. The molecule has 0 saturated carbocycles. The molecule has 0 radical (unpaired) electrons. The summed E-state index contributed by atoms with van der Waals surface area (Å²) in [6.45, 7) is 7.59. The highest BCUT2D eigenvalue weighted by atomic mass is 127. The van der Waals surface area contributed by atoms with Gasteiger partial charge in [0.1, 0.15) is 0 Å². The molecule has 0 spiro atoms. The molecule has 1 unspecified atom stereocenters. The summed E-state index contributed by atoms with van der Waals surface area (Å²) in [6, 6.07) is 5.63. The molecule has 25 heavy (non-hydrogen) atoms. The van der Waals surface area contributed by atoms with Crippen LogP contribution in [0.15, 0.2) is 23.2 Å². The van der Waals surface area contributed by atoms with E-state index >= 15 is 0 Å². The Morgan fingerprint density at radius 1 is 1.36 bits per heavy atom. The fourth-order valence-electron chi connectivity index (χ4n) is 3.12. The normalized spacial score (nSPS) is 18.0. The van der Waals surface area contributed by atoms with Crippen LogP contribution in [-0.4, -0.2) is 51.3 Å². The first-order valence-electron chi connectivity index (χ1n) is 8.29. The fourth-order valence-corrected chi connectivity index (χ4v) is 4.03. The van der Waals surface area contributed by atoms with E-state index in [9.17, 15) is 0 Å². The maximum absolute atomic E-state index is 6.37. The minimum atomic E-state index is -0.220. The third-order valence-corrected chi connectivity index (χ3v) is 5.09. The van der Waals surface area contributed by atoms with Crippen molar-refractivity contribution < 1.29 is 4.74 Å². The van der Waals surface area contributed by atoms with E-state index in [1.54, 1.807) is 7.05 Å². The van der Waals surface area contributed by atoms with Gasteiger partial charge in [-0.1, -0.05) is 43.1 Å². The molecule has 0 bridgehead atoms. The Morgan fingerprint density at radius 2 is 2.00 bits per heavy atom. The largest absolute Gasteiger partial charge is 0.381 e. The van der Waals surface area contributed by atoms with Gasteiger partial charge in [0.15, 0.2) is 5.96 Å². The lowest BCUT2D eigenvalue weighted by Crippen LogP contribution is -2.45. The second-order valence-electron chi connectivity index (χ2n) is 6.99. The van der Waals surface area contributed by atoms with E-state index in [4.69, 9.17) is 27.9 Å². The van der Waals surface area contributed by atoms with E-state index in [0.717, 1.165) is 37.7 Å². The predicted octanol–water partition coefficient (Wildman–Crippen LogP) is 4.43. The van der Waals surface area contributed by atoms with Crippen molar-refractivity contribution in [2.24, 2.45) is 10.9 Å². The van der Waals surface area contributed by atoms with Crippen molar-refractivity contribution >= 4 is 53.1 Å². The summed E-state index contributed by atoms with van der Waals surface area (Å²) in [7, 11) is 3.86. The molecule has 1 fully saturated rings. The lowest BCUT2D eigenvalue weighted by Gasteiger charge is -2.31. The summed E-state index contributed by atoms with van der Waals surface area (Å²) in [5, 5.41) is 4.84. The number of hydrogen-bond donors (Lipinski definition) is 1. The summed E-state index contributed by atoms with van der Waals surface area (Å²) in [5.74, 6) is 1.44. The Morgan fingerprint density at radius 3 is 2.52 bits per heavy atom. The zero-order valence-corrected chi connectivity index (χ0v) is 19.2. The Balaban J connectivity index is 0.00000312. The smallest absolute Gasteiger partial charge is 0.193 e. The van der Waals surface area contributed by atoms with Gasteiger partial charge in [-0.2, -0.15) is 0 Å². The van der Waals surface area contributed by atoms with Gasteiger partial charge in [0.25, 0.3) is 0 Å². The Kier molecular flexibility index (Phi) is 9.29. The van der Waals surface area contributed by atoms with Gasteiger partial charge in [-0.15, -0.1) is 24.0 Å². The summed E-state index contributed by atoms with van der Waals surface area (Å²) in [4.78, 5) is 6.55. The van der Waals surface area contributed by atoms with Crippen molar-refractivity contribution in [1.29, 1.82) is 0 Å². The zero-order chi connectivity index (χ0) is 17.7. The number of guanidine groups is 1. The molecule has 142 valence electrons. The van der Waals surface area contributed by atoms with E-state index in [2.05, 4.69) is 36.1 Å². The molecule has 1 heterocycles. The van der Waals surface area contributed by atoms with Crippen molar-refractivity contribution in [3.63, 3.8) is 0 Å². The third kappa shape index (κ3) is 6.15. The second-order valence-corrected chi connectivity index (χ2v) is 7.81. The quantitative estimate of drug-likeness (QED) is 0.370. The van der Waals surface area contributed by atoms with Gasteiger partial charge in [0.05, 0.1) is 6.61 Å². The van der Waals surface area contributed by atoms with Gasteiger partial charge >= 0.3 is 0 Å². The van der Waals surface area contributed by atoms with E-state index in [1.807, 2.05) is 18.2 Å². The molecule has 1 aromatic carbocycles. The molecule has 1 saturated heterocycles. The minimum absolute atomic E-state index is 0. The van der Waals surface area contributed by atoms with Gasteiger partial charge in [0.2, 0.25) is 0 Å². The average Bonchev–Trinajstić information content (AvgIpc) is 3.00. The predicted molar refractivity (Wildman–Crippen MR) is 118 cm³/mol. The number of nitrogens with one attached hydrogen (secondary N) is 1. The van der Waals surface area contributed by atoms with Crippen molar-refractivity contribution in [3.8, 4) is 0 Å². The van der Waals surface area contributed by atoms with Gasteiger partial charge in [-0.25, -0.2) is 0 Å². The van der Waals surface area contributed by atoms with Gasteiger partial charge in [-0.3, -0.25) is 4.99 Å². The highest BCUT2D eigenvalue weighted by Crippen LogP contribution is 2.35. The molecular weight excluding hydrogens is 472 g/mol. The fraction of sp³-hybridized carbons (Fsp3) is 0.611. The maximum atomic E-state index is 6.37. The van der Waals surface area contributed by atoms with E-state index in [-0.39, 0.29) is 29.4 Å². The first-order chi connectivity index (χ1) is 11.3. The van der Waals surface area contributed by atoms with E-state index in [0.29, 0.717) is 22.5 Å². The molecule has 1 aliphatic rings. The van der Waals surface area contributed by atoms with Gasteiger partial charge in [-0.05, 0) is 24.1 Å². The zero-order valence-electron chi connectivity index (χ0n) is 15.3. The second kappa shape index (κ2) is 10.2. The van der Waals surface area contributed by atoms with Crippen molar-refractivity contribution in [3.05, 3.63) is 33.8 Å². The van der Waals surface area contributed by atoms with Crippen molar-refractivity contribution in [2.45, 2.75) is 25.7 Å². The Bertz CT molecular complexity index is 569. The summed E-state index contributed by atoms with van der Waals surface area (Å²) in [6.07, 6.45) is 1.11. The van der Waals surface area contributed by atoms with Gasteiger partial charge in [0, 0.05) is 55.2 Å². The minimum Gasteiger partial charge on any atom is -0.381 e. The molecule has 1 N–H and O–H groups in total. The van der Waals surface area contributed by atoms with Crippen LogP contribution < -0.4 is 5.32 Å². The Hall–Kier alpha value is -0.240. The lowest BCUT2D eigenvalue weighted by molar-refractivity contribution is 0.181. The summed E-state index contributed by atoms with van der Waals surface area (Å²) < 4.78 is 5.45. The number of aliphatic imine (C=N–C) groups is 1. The number of benzene rings is 1. The van der Waals surface area contributed by atoms with Gasteiger partial charge < -0.3 is 15.0 Å². The van der Waals surface area contributed by atoms with Crippen LogP contribution in [0.1, 0.15) is 25.8 Å². The number of halogens is 3. The highest BCUT2D eigenvalue weighted by molar-refractivity contribution is 14.0. The standard InChI is InChI=1S/C18H27Cl2N3O.HI/c1-18(2,16-14(19)6-5-7-15(16)20)12-22-17(21-3)23(4)10-13-8-9-24-11-13;/h5-7,13H,8-12H2,1-4H3,(H,21,22);1H. The SMILES string of the molecule is CN=C(NCC(C)(C)c1c(Cl)cccc1Cl)N(C)CC1CCOC1.I. The van der Waals surface area contributed by atoms with Crippen LogP contribution in [0, 0.1) is 5.92 Å². The topological polar surface area (TPSA) is 36.9 Å². The molecule has 0 amide bonds.